The molecule has 1 aromatic carbocycles. The van der Waals surface area contributed by atoms with E-state index in [1.54, 1.807) is 7.11 Å². The van der Waals surface area contributed by atoms with Crippen LogP contribution in [0.2, 0.25) is 0 Å². The van der Waals surface area contributed by atoms with Crippen LogP contribution in [0.4, 0.5) is 11.8 Å². The lowest BCUT2D eigenvalue weighted by atomic mass is 9.87. The molecule has 4 rings (SSSR count). The molecule has 120 valence electrons. The van der Waals surface area contributed by atoms with Crippen molar-refractivity contribution in [1.29, 1.82) is 0 Å². The van der Waals surface area contributed by atoms with E-state index in [1.807, 2.05) is 6.07 Å². The maximum atomic E-state index is 6.03. The molecule has 2 aliphatic rings. The van der Waals surface area contributed by atoms with Crippen LogP contribution >= 0.6 is 0 Å². The summed E-state index contributed by atoms with van der Waals surface area (Å²) in [5.74, 6) is 1.96. The number of nitrogens with two attached hydrogens (primary N) is 1. The van der Waals surface area contributed by atoms with Crippen molar-refractivity contribution in [3.8, 4) is 5.75 Å². The summed E-state index contributed by atoms with van der Waals surface area (Å²) < 4.78 is 10.8. The highest BCUT2D eigenvalue weighted by Gasteiger charge is 2.23. The number of benzene rings is 1. The average Bonchev–Trinajstić information content (AvgIpc) is 3.04. The molecule has 0 spiro atoms. The molecule has 6 heteroatoms. The molecule has 1 aliphatic heterocycles. The van der Waals surface area contributed by atoms with Gasteiger partial charge in [0.05, 0.1) is 32.1 Å². The molecule has 0 radical (unpaired) electrons. The molecule has 2 aromatic rings. The van der Waals surface area contributed by atoms with Crippen molar-refractivity contribution >= 4 is 11.8 Å². The van der Waals surface area contributed by atoms with Crippen molar-refractivity contribution in [2.24, 2.45) is 0 Å². The van der Waals surface area contributed by atoms with Crippen LogP contribution in [-0.2, 0) is 24.4 Å². The fraction of sp³-hybridized carbons (Fsp3) is 0.412. The van der Waals surface area contributed by atoms with Gasteiger partial charge in [0, 0.05) is 5.56 Å². The molecule has 3 N–H and O–H groups in total. The zero-order valence-corrected chi connectivity index (χ0v) is 13.1. The third-order valence-corrected chi connectivity index (χ3v) is 4.58. The van der Waals surface area contributed by atoms with Gasteiger partial charge in [-0.2, -0.15) is 4.98 Å². The van der Waals surface area contributed by atoms with E-state index in [9.17, 15) is 0 Å². The van der Waals surface area contributed by atoms with E-state index >= 15 is 0 Å². The Kier molecular flexibility index (Phi) is 3.53. The van der Waals surface area contributed by atoms with Gasteiger partial charge in [-0.05, 0) is 42.5 Å². The summed E-state index contributed by atoms with van der Waals surface area (Å²) in [6.07, 6.45) is 3.27. The first-order chi connectivity index (χ1) is 11.2. The minimum Gasteiger partial charge on any atom is -0.497 e. The number of fused-ring (bicyclic) bond motifs is 2. The van der Waals surface area contributed by atoms with Crippen LogP contribution in [0, 0.1) is 0 Å². The SMILES string of the molecule is COc1ccc2c(c1)C(Nc1nc(N)c3c(n1)COC3)CCC2. The quantitative estimate of drug-likeness (QED) is 0.906. The van der Waals surface area contributed by atoms with Gasteiger partial charge in [0.25, 0.3) is 0 Å². The standard InChI is InChI=1S/C17H20N4O2/c1-22-11-6-5-10-3-2-4-14(12(10)7-11)19-17-20-15-9-23-8-13(15)16(18)21-17/h5-7,14H,2-4,8-9H2,1H3,(H3,18,19,20,21). The zero-order chi connectivity index (χ0) is 15.8. The Morgan fingerprint density at radius 2 is 2.22 bits per heavy atom. The number of nitrogens with zero attached hydrogens (tertiary/aromatic N) is 2. The first-order valence-corrected chi connectivity index (χ1v) is 7.91. The predicted molar refractivity (Wildman–Crippen MR) is 87.2 cm³/mol. The van der Waals surface area contributed by atoms with Gasteiger partial charge < -0.3 is 20.5 Å². The van der Waals surface area contributed by atoms with E-state index in [0.717, 1.165) is 36.3 Å². The number of nitrogen functional groups attached to an aromatic ring is 1. The summed E-state index contributed by atoms with van der Waals surface area (Å²) in [4.78, 5) is 8.96. The van der Waals surface area contributed by atoms with Gasteiger partial charge in [-0.3, -0.25) is 0 Å². The normalized spacial score (nSPS) is 19.1. The lowest BCUT2D eigenvalue weighted by molar-refractivity contribution is 0.133. The fourth-order valence-corrected chi connectivity index (χ4v) is 3.35. The molecule has 23 heavy (non-hydrogen) atoms. The van der Waals surface area contributed by atoms with Crippen LogP contribution in [-0.4, -0.2) is 17.1 Å². The summed E-state index contributed by atoms with van der Waals surface area (Å²) >= 11 is 0. The van der Waals surface area contributed by atoms with E-state index in [-0.39, 0.29) is 6.04 Å². The molecule has 2 heterocycles. The van der Waals surface area contributed by atoms with Crippen LogP contribution in [0.25, 0.3) is 0 Å². The lowest BCUT2D eigenvalue weighted by Gasteiger charge is -2.27. The molecule has 1 aromatic heterocycles. The Balaban J connectivity index is 1.65. The molecule has 1 aliphatic carbocycles. The minimum atomic E-state index is 0.175. The third kappa shape index (κ3) is 2.59. The summed E-state index contributed by atoms with van der Waals surface area (Å²) in [6.45, 7) is 1.01. The van der Waals surface area contributed by atoms with Gasteiger partial charge in [-0.25, -0.2) is 4.98 Å². The van der Waals surface area contributed by atoms with Crippen molar-refractivity contribution in [1.82, 2.24) is 9.97 Å². The molecular weight excluding hydrogens is 292 g/mol. The van der Waals surface area contributed by atoms with E-state index in [2.05, 4.69) is 27.4 Å². The van der Waals surface area contributed by atoms with Gasteiger partial charge in [0.15, 0.2) is 0 Å². The number of anilines is 2. The first kappa shape index (κ1) is 14.3. The van der Waals surface area contributed by atoms with Gasteiger partial charge in [0.2, 0.25) is 5.95 Å². The average molecular weight is 312 g/mol. The number of hydrogen-bond acceptors (Lipinski definition) is 6. The molecule has 6 nitrogen and oxygen atoms in total. The van der Waals surface area contributed by atoms with Crippen molar-refractivity contribution in [2.75, 3.05) is 18.2 Å². The molecule has 0 fully saturated rings. The topological polar surface area (TPSA) is 82.3 Å². The molecule has 0 saturated carbocycles. The largest absolute Gasteiger partial charge is 0.497 e. The van der Waals surface area contributed by atoms with E-state index < -0.39 is 0 Å². The summed E-state index contributed by atoms with van der Waals surface area (Å²) in [7, 11) is 1.69. The van der Waals surface area contributed by atoms with Crippen molar-refractivity contribution in [3.63, 3.8) is 0 Å². The Labute approximate surface area is 135 Å². The molecular formula is C17H20N4O2. The summed E-state index contributed by atoms with van der Waals surface area (Å²) in [6, 6.07) is 6.44. The van der Waals surface area contributed by atoms with Gasteiger partial charge in [0.1, 0.15) is 11.6 Å². The molecule has 0 amide bonds. The van der Waals surface area contributed by atoms with E-state index in [4.69, 9.17) is 15.2 Å². The lowest BCUT2D eigenvalue weighted by Crippen LogP contribution is -2.19. The van der Waals surface area contributed by atoms with Crippen molar-refractivity contribution in [3.05, 3.63) is 40.6 Å². The Bertz CT molecular complexity index is 748. The number of rotatable bonds is 3. The van der Waals surface area contributed by atoms with Crippen molar-refractivity contribution < 1.29 is 9.47 Å². The maximum Gasteiger partial charge on any atom is 0.225 e. The minimum absolute atomic E-state index is 0.175. The number of aryl methyl sites for hydroxylation is 1. The molecule has 1 atom stereocenters. The van der Waals surface area contributed by atoms with Gasteiger partial charge >= 0.3 is 0 Å². The Hall–Kier alpha value is -2.34. The molecule has 0 saturated heterocycles. The van der Waals surface area contributed by atoms with Crippen LogP contribution < -0.4 is 15.8 Å². The second-order valence-electron chi connectivity index (χ2n) is 6.00. The van der Waals surface area contributed by atoms with E-state index in [0.29, 0.717) is 25.0 Å². The summed E-state index contributed by atoms with van der Waals surface area (Å²) in [5, 5.41) is 3.45. The smallest absolute Gasteiger partial charge is 0.225 e. The second kappa shape index (κ2) is 5.70. The highest BCUT2D eigenvalue weighted by atomic mass is 16.5. The summed E-state index contributed by atoms with van der Waals surface area (Å²) in [5.41, 5.74) is 10.4. The number of aromatic nitrogens is 2. The molecule has 1 unspecified atom stereocenters. The highest BCUT2D eigenvalue weighted by Crippen LogP contribution is 2.35. The maximum absolute atomic E-state index is 6.03. The van der Waals surface area contributed by atoms with Crippen LogP contribution in [0.3, 0.4) is 0 Å². The monoisotopic (exact) mass is 312 g/mol. The predicted octanol–water partition coefficient (Wildman–Crippen LogP) is 2.59. The Morgan fingerprint density at radius 3 is 3.09 bits per heavy atom. The van der Waals surface area contributed by atoms with E-state index in [1.165, 1.54) is 11.1 Å². The first-order valence-electron chi connectivity index (χ1n) is 7.91. The fourth-order valence-electron chi connectivity index (χ4n) is 3.35. The number of nitrogens with one attached hydrogen (secondary N) is 1. The van der Waals surface area contributed by atoms with Gasteiger partial charge in [-0.15, -0.1) is 0 Å². The second-order valence-corrected chi connectivity index (χ2v) is 6.00. The number of ether oxygens (including phenoxy) is 2. The third-order valence-electron chi connectivity index (χ3n) is 4.58. The zero-order valence-electron chi connectivity index (χ0n) is 13.1. The van der Waals surface area contributed by atoms with Crippen LogP contribution in [0.15, 0.2) is 18.2 Å². The molecule has 0 bridgehead atoms. The van der Waals surface area contributed by atoms with Gasteiger partial charge in [-0.1, -0.05) is 6.07 Å². The number of methoxy groups -OCH3 is 1. The van der Waals surface area contributed by atoms with Crippen molar-refractivity contribution in [2.45, 2.75) is 38.5 Å². The number of hydrogen-bond donors (Lipinski definition) is 2. The van der Waals surface area contributed by atoms with Crippen LogP contribution in [0.5, 0.6) is 5.75 Å². The highest BCUT2D eigenvalue weighted by molar-refractivity contribution is 5.49. The van der Waals surface area contributed by atoms with Crippen LogP contribution in [0.1, 0.15) is 41.3 Å². The Morgan fingerprint density at radius 1 is 1.30 bits per heavy atom.